The van der Waals surface area contributed by atoms with E-state index in [1.165, 1.54) is 12.2 Å². The summed E-state index contributed by atoms with van der Waals surface area (Å²) in [5.74, 6) is -0.874. The number of ketones is 2. The molecule has 3 rings (SSSR count). The van der Waals surface area contributed by atoms with Crippen molar-refractivity contribution >= 4 is 34.3 Å². The largest absolute Gasteiger partial charge is 0.496 e. The van der Waals surface area contributed by atoms with Crippen molar-refractivity contribution in [1.82, 2.24) is 0 Å². The maximum absolute atomic E-state index is 12.7. The molecule has 0 amide bonds. The summed E-state index contributed by atoms with van der Waals surface area (Å²) < 4.78 is 15.2. The van der Waals surface area contributed by atoms with Crippen LogP contribution in [0.2, 0.25) is 0 Å². The fraction of sp³-hybridized carbons (Fsp3) is 0.226. The number of methoxy groups -OCH3 is 1. The second-order valence-electron chi connectivity index (χ2n) is 8.31. The smallest absolute Gasteiger partial charge is 0.330 e. The Bertz CT molecular complexity index is 1380. The highest BCUT2D eigenvalue weighted by atomic mass is 16.5. The van der Waals surface area contributed by atoms with Crippen LogP contribution in [0.15, 0.2) is 78.9 Å². The first-order valence-electron chi connectivity index (χ1n) is 12.3. The van der Waals surface area contributed by atoms with Gasteiger partial charge < -0.3 is 14.2 Å². The zero-order valence-corrected chi connectivity index (χ0v) is 21.7. The lowest BCUT2D eigenvalue weighted by Gasteiger charge is -2.15. The van der Waals surface area contributed by atoms with Crippen molar-refractivity contribution < 1.29 is 33.4 Å². The zero-order chi connectivity index (χ0) is 27.5. The summed E-state index contributed by atoms with van der Waals surface area (Å²) >= 11 is 0. The second-order valence-corrected chi connectivity index (χ2v) is 8.31. The van der Waals surface area contributed by atoms with E-state index in [4.69, 9.17) is 14.2 Å². The molecule has 0 fully saturated rings. The molecule has 0 saturated carbocycles. The highest BCUT2D eigenvalue weighted by molar-refractivity contribution is 6.05. The second kappa shape index (κ2) is 13.7. The molecule has 0 atom stereocenters. The van der Waals surface area contributed by atoms with Gasteiger partial charge in [-0.15, -0.1) is 0 Å². The first kappa shape index (κ1) is 28.1. The van der Waals surface area contributed by atoms with E-state index in [-0.39, 0.29) is 37.6 Å². The average Bonchev–Trinajstić information content (AvgIpc) is 2.91. The summed E-state index contributed by atoms with van der Waals surface area (Å²) in [4.78, 5) is 47.9. The molecule has 3 aromatic rings. The zero-order valence-electron chi connectivity index (χ0n) is 21.7. The minimum Gasteiger partial charge on any atom is -0.496 e. The van der Waals surface area contributed by atoms with Crippen molar-refractivity contribution in [2.45, 2.75) is 26.7 Å². The summed E-state index contributed by atoms with van der Waals surface area (Å²) in [5.41, 5.74) is 3.39. The van der Waals surface area contributed by atoms with Gasteiger partial charge in [-0.1, -0.05) is 48.5 Å². The van der Waals surface area contributed by atoms with E-state index in [0.29, 0.717) is 5.75 Å². The predicted octanol–water partition coefficient (Wildman–Crippen LogP) is 4.98. The lowest BCUT2D eigenvalue weighted by molar-refractivity contribution is -0.138. The Labute approximate surface area is 221 Å². The number of carbonyl (C=O) groups excluding carboxylic acids is 4. The minimum atomic E-state index is -0.559. The van der Waals surface area contributed by atoms with Gasteiger partial charge in [0.15, 0.2) is 11.6 Å². The number of hydrogen-bond donors (Lipinski definition) is 0. The average molecular weight is 515 g/mol. The summed E-state index contributed by atoms with van der Waals surface area (Å²) in [7, 11) is 1.59. The molecule has 7 heteroatoms. The topological polar surface area (TPSA) is 96.0 Å². The number of hydrogen-bond acceptors (Lipinski definition) is 7. The van der Waals surface area contributed by atoms with Gasteiger partial charge >= 0.3 is 11.9 Å². The van der Waals surface area contributed by atoms with Gasteiger partial charge in [0.25, 0.3) is 0 Å². The van der Waals surface area contributed by atoms with E-state index in [2.05, 4.69) is 0 Å². The van der Waals surface area contributed by atoms with Crippen molar-refractivity contribution in [3.05, 3.63) is 90.0 Å². The molecule has 0 aliphatic carbocycles. The van der Waals surface area contributed by atoms with E-state index in [1.54, 1.807) is 21.0 Å². The van der Waals surface area contributed by atoms with Crippen LogP contribution in [0.3, 0.4) is 0 Å². The first-order chi connectivity index (χ1) is 18.4. The van der Waals surface area contributed by atoms with Crippen LogP contribution < -0.4 is 4.74 Å². The van der Waals surface area contributed by atoms with Crippen molar-refractivity contribution in [3.8, 4) is 16.9 Å². The fourth-order valence-electron chi connectivity index (χ4n) is 4.03. The van der Waals surface area contributed by atoms with E-state index in [1.807, 2.05) is 54.6 Å². The molecule has 7 nitrogen and oxygen atoms in total. The number of allylic oxidation sites excluding steroid dienone is 2. The molecule has 0 spiro atoms. The molecule has 0 aliphatic rings. The molecule has 3 aromatic carbocycles. The molecule has 0 N–H and O–H groups in total. The number of fused-ring (bicyclic) bond motifs is 1. The molecular formula is C31H30O7. The Morgan fingerprint density at radius 3 is 1.89 bits per heavy atom. The number of benzene rings is 3. The van der Waals surface area contributed by atoms with Crippen LogP contribution >= 0.6 is 0 Å². The third kappa shape index (κ3) is 7.49. The van der Waals surface area contributed by atoms with Gasteiger partial charge in [-0.3, -0.25) is 9.59 Å². The van der Waals surface area contributed by atoms with Crippen molar-refractivity contribution in [1.29, 1.82) is 0 Å². The van der Waals surface area contributed by atoms with Gasteiger partial charge in [0, 0.05) is 30.4 Å². The number of esters is 2. The molecule has 0 bridgehead atoms. The molecule has 0 unspecified atom stereocenters. The Hall–Kier alpha value is -4.52. The lowest BCUT2D eigenvalue weighted by atomic mass is 9.91. The van der Waals surface area contributed by atoms with Crippen LogP contribution in [0.5, 0.6) is 5.75 Å². The third-order valence-electron chi connectivity index (χ3n) is 5.70. The SMILES string of the molecule is CCOC(=O)/C=C/C(=O)Cc1ccc(-c2ccc(OC)c3cccc(CC(=O)/C=C/C(=O)OCC)c23)cc1. The molecule has 0 heterocycles. The minimum absolute atomic E-state index is 0.0901. The molecule has 0 radical (unpaired) electrons. The van der Waals surface area contributed by atoms with E-state index >= 15 is 0 Å². The van der Waals surface area contributed by atoms with Crippen LogP contribution in [0.1, 0.15) is 25.0 Å². The van der Waals surface area contributed by atoms with Crippen molar-refractivity contribution in [3.63, 3.8) is 0 Å². The maximum Gasteiger partial charge on any atom is 0.330 e. The molecule has 0 aliphatic heterocycles. The predicted molar refractivity (Wildman–Crippen MR) is 145 cm³/mol. The monoisotopic (exact) mass is 514 g/mol. The number of rotatable bonds is 12. The van der Waals surface area contributed by atoms with Gasteiger partial charge in [-0.25, -0.2) is 9.59 Å². The van der Waals surface area contributed by atoms with E-state index in [9.17, 15) is 19.2 Å². The summed E-state index contributed by atoms with van der Waals surface area (Å²) in [6.45, 7) is 3.89. The summed E-state index contributed by atoms with van der Waals surface area (Å²) in [6, 6.07) is 17.0. The van der Waals surface area contributed by atoms with E-state index < -0.39 is 11.9 Å². The van der Waals surface area contributed by atoms with Crippen LogP contribution in [0.4, 0.5) is 0 Å². The normalized spacial score (nSPS) is 11.1. The molecular weight excluding hydrogens is 484 g/mol. The first-order valence-corrected chi connectivity index (χ1v) is 12.3. The highest BCUT2D eigenvalue weighted by Gasteiger charge is 2.14. The molecule has 196 valence electrons. The standard InChI is InChI=1S/C31H30O7/c1-4-37-29(34)17-13-24(32)19-21-9-11-22(12-10-21)26-15-16-28(36-3)27-8-6-7-23(31(26)27)20-25(33)14-18-30(35)38-5-2/h6-18H,4-5,19-20H2,1-3H3/b17-13+,18-14+. The van der Waals surface area contributed by atoms with Crippen LogP contribution in [0.25, 0.3) is 21.9 Å². The molecule has 38 heavy (non-hydrogen) atoms. The van der Waals surface area contributed by atoms with Crippen molar-refractivity contribution in [2.75, 3.05) is 20.3 Å². The van der Waals surface area contributed by atoms with Crippen molar-refractivity contribution in [2.24, 2.45) is 0 Å². The number of carbonyl (C=O) groups is 4. The number of ether oxygens (including phenoxy) is 3. The quantitative estimate of drug-likeness (QED) is 0.249. The van der Waals surface area contributed by atoms with Gasteiger partial charge in [0.1, 0.15) is 5.75 Å². The highest BCUT2D eigenvalue weighted by Crippen LogP contribution is 2.37. The van der Waals surface area contributed by atoms with Crippen LogP contribution in [-0.2, 0) is 41.5 Å². The van der Waals surface area contributed by atoms with Gasteiger partial charge in [0.05, 0.1) is 20.3 Å². The van der Waals surface area contributed by atoms with E-state index in [0.717, 1.165) is 45.2 Å². The lowest BCUT2D eigenvalue weighted by Crippen LogP contribution is -2.04. The Morgan fingerprint density at radius 2 is 1.32 bits per heavy atom. The van der Waals surface area contributed by atoms with Gasteiger partial charge in [-0.05, 0) is 59.7 Å². The fourth-order valence-corrected chi connectivity index (χ4v) is 4.03. The third-order valence-corrected chi connectivity index (χ3v) is 5.70. The Kier molecular flexibility index (Phi) is 10.1. The Morgan fingerprint density at radius 1 is 0.711 bits per heavy atom. The Balaban J connectivity index is 1.90. The molecule has 0 saturated heterocycles. The van der Waals surface area contributed by atoms with Crippen LogP contribution in [-0.4, -0.2) is 43.8 Å². The van der Waals surface area contributed by atoms with Gasteiger partial charge in [-0.2, -0.15) is 0 Å². The summed E-state index contributed by atoms with van der Waals surface area (Å²) in [5, 5.41) is 1.72. The summed E-state index contributed by atoms with van der Waals surface area (Å²) in [6.07, 6.45) is 4.97. The van der Waals surface area contributed by atoms with Crippen LogP contribution in [0, 0.1) is 0 Å². The van der Waals surface area contributed by atoms with Gasteiger partial charge in [0.2, 0.25) is 0 Å². The maximum atomic E-state index is 12.7. The molecule has 0 aromatic heterocycles.